The molecule has 0 aliphatic heterocycles. The third kappa shape index (κ3) is 4.91. The van der Waals surface area contributed by atoms with Gasteiger partial charge in [0, 0.05) is 19.6 Å². The van der Waals surface area contributed by atoms with Crippen LogP contribution >= 0.6 is 0 Å². The summed E-state index contributed by atoms with van der Waals surface area (Å²) in [6.45, 7) is 0. The van der Waals surface area contributed by atoms with Gasteiger partial charge in [0.15, 0.2) is 0 Å². The van der Waals surface area contributed by atoms with Crippen LogP contribution in [0, 0.1) is 0 Å². The van der Waals surface area contributed by atoms with E-state index in [1.165, 1.54) is 7.11 Å². The normalized spacial score (nSPS) is 24.1. The van der Waals surface area contributed by atoms with Crippen LogP contribution in [0.3, 0.4) is 0 Å². The Kier molecular flexibility index (Phi) is 6.04. The molecular formula is C11H21NO5S. The molecule has 7 heteroatoms. The van der Waals surface area contributed by atoms with Crippen LogP contribution in [0.5, 0.6) is 0 Å². The number of ether oxygens (including phenoxy) is 2. The molecule has 1 aliphatic carbocycles. The number of carbonyl (C=O) groups is 1. The van der Waals surface area contributed by atoms with Crippen LogP contribution in [0.25, 0.3) is 0 Å². The Hall–Kier alpha value is -0.660. The van der Waals surface area contributed by atoms with Gasteiger partial charge in [-0.15, -0.1) is 0 Å². The average Bonchev–Trinajstić information content (AvgIpc) is 2.74. The Morgan fingerprint density at radius 1 is 1.33 bits per heavy atom. The highest BCUT2D eigenvalue weighted by atomic mass is 32.2. The standard InChI is InChI=1S/C11H21NO5S/c1-16-10-6-3-5-9(10)12-18(14,15)8-4-7-11(13)17-2/h9-10,12H,3-8H2,1-2H3. The smallest absolute Gasteiger partial charge is 0.305 e. The second-order valence-corrected chi connectivity index (χ2v) is 6.30. The summed E-state index contributed by atoms with van der Waals surface area (Å²) >= 11 is 0. The molecule has 0 aromatic heterocycles. The topological polar surface area (TPSA) is 81.7 Å². The Morgan fingerprint density at radius 2 is 2.06 bits per heavy atom. The van der Waals surface area contributed by atoms with E-state index < -0.39 is 10.0 Å². The summed E-state index contributed by atoms with van der Waals surface area (Å²) in [5.41, 5.74) is 0. The first-order valence-electron chi connectivity index (χ1n) is 6.08. The fraction of sp³-hybridized carbons (Fsp3) is 0.909. The number of sulfonamides is 1. The van der Waals surface area contributed by atoms with Gasteiger partial charge in [0.25, 0.3) is 0 Å². The Balaban J connectivity index is 2.37. The van der Waals surface area contributed by atoms with Gasteiger partial charge in [0.05, 0.1) is 19.0 Å². The summed E-state index contributed by atoms with van der Waals surface area (Å²) < 4.78 is 35.9. The van der Waals surface area contributed by atoms with E-state index in [-0.39, 0.29) is 36.7 Å². The lowest BCUT2D eigenvalue weighted by Gasteiger charge is -2.19. The molecule has 0 spiro atoms. The van der Waals surface area contributed by atoms with Gasteiger partial charge in [0.2, 0.25) is 10.0 Å². The van der Waals surface area contributed by atoms with Gasteiger partial charge in [-0.2, -0.15) is 0 Å². The number of methoxy groups -OCH3 is 2. The van der Waals surface area contributed by atoms with Crippen molar-refractivity contribution in [1.29, 1.82) is 0 Å². The number of rotatable bonds is 7. The summed E-state index contributed by atoms with van der Waals surface area (Å²) in [4.78, 5) is 10.9. The molecular weight excluding hydrogens is 258 g/mol. The molecule has 18 heavy (non-hydrogen) atoms. The molecule has 1 saturated carbocycles. The minimum Gasteiger partial charge on any atom is -0.469 e. The maximum Gasteiger partial charge on any atom is 0.305 e. The van der Waals surface area contributed by atoms with E-state index in [0.29, 0.717) is 0 Å². The predicted molar refractivity (Wildman–Crippen MR) is 66.6 cm³/mol. The highest BCUT2D eigenvalue weighted by Gasteiger charge is 2.30. The van der Waals surface area contributed by atoms with E-state index in [0.717, 1.165) is 19.3 Å². The largest absolute Gasteiger partial charge is 0.469 e. The monoisotopic (exact) mass is 279 g/mol. The minimum atomic E-state index is -3.35. The number of hydrogen-bond acceptors (Lipinski definition) is 5. The van der Waals surface area contributed by atoms with Crippen molar-refractivity contribution in [2.75, 3.05) is 20.0 Å². The molecule has 1 N–H and O–H groups in total. The lowest BCUT2D eigenvalue weighted by molar-refractivity contribution is -0.140. The lowest BCUT2D eigenvalue weighted by Crippen LogP contribution is -2.41. The Bertz CT molecular complexity index is 368. The van der Waals surface area contributed by atoms with Crippen molar-refractivity contribution in [3.05, 3.63) is 0 Å². The van der Waals surface area contributed by atoms with Gasteiger partial charge in [-0.25, -0.2) is 13.1 Å². The molecule has 0 aromatic rings. The molecule has 1 aliphatic rings. The summed E-state index contributed by atoms with van der Waals surface area (Å²) in [5, 5.41) is 0. The van der Waals surface area contributed by atoms with E-state index in [9.17, 15) is 13.2 Å². The minimum absolute atomic E-state index is 0.0413. The molecule has 6 nitrogen and oxygen atoms in total. The molecule has 1 fully saturated rings. The van der Waals surface area contributed by atoms with Gasteiger partial charge >= 0.3 is 5.97 Å². The van der Waals surface area contributed by atoms with Gasteiger partial charge in [0.1, 0.15) is 0 Å². The number of hydrogen-bond donors (Lipinski definition) is 1. The number of esters is 1. The first-order valence-corrected chi connectivity index (χ1v) is 7.73. The molecule has 0 radical (unpaired) electrons. The van der Waals surface area contributed by atoms with Crippen molar-refractivity contribution in [1.82, 2.24) is 4.72 Å². The van der Waals surface area contributed by atoms with Crippen LogP contribution in [0.2, 0.25) is 0 Å². The zero-order valence-electron chi connectivity index (χ0n) is 10.8. The van der Waals surface area contributed by atoms with E-state index in [4.69, 9.17) is 4.74 Å². The van der Waals surface area contributed by atoms with Gasteiger partial charge < -0.3 is 9.47 Å². The molecule has 106 valence electrons. The second-order valence-electron chi connectivity index (χ2n) is 4.43. The molecule has 0 heterocycles. The van der Waals surface area contributed by atoms with Crippen LogP contribution in [0.1, 0.15) is 32.1 Å². The SMILES string of the molecule is COC(=O)CCCS(=O)(=O)NC1CCCC1OC. The fourth-order valence-electron chi connectivity index (χ4n) is 2.14. The van der Waals surface area contributed by atoms with E-state index in [2.05, 4.69) is 9.46 Å². The number of nitrogens with one attached hydrogen (secondary N) is 1. The molecule has 0 saturated heterocycles. The van der Waals surface area contributed by atoms with E-state index in [1.54, 1.807) is 7.11 Å². The fourth-order valence-corrected chi connectivity index (χ4v) is 3.51. The summed E-state index contributed by atoms with van der Waals surface area (Å²) in [5.74, 6) is -0.449. The van der Waals surface area contributed by atoms with Crippen molar-refractivity contribution in [2.24, 2.45) is 0 Å². The van der Waals surface area contributed by atoms with Crippen LogP contribution in [0.15, 0.2) is 0 Å². The van der Waals surface area contributed by atoms with Crippen molar-refractivity contribution in [3.63, 3.8) is 0 Å². The molecule has 2 unspecified atom stereocenters. The van der Waals surface area contributed by atoms with Crippen LogP contribution < -0.4 is 4.72 Å². The summed E-state index contributed by atoms with van der Waals surface area (Å²) in [6, 6.07) is -0.141. The summed E-state index contributed by atoms with van der Waals surface area (Å²) in [7, 11) is -0.469. The Labute approximate surface area is 108 Å². The van der Waals surface area contributed by atoms with Crippen molar-refractivity contribution in [3.8, 4) is 0 Å². The molecule has 0 amide bonds. The Morgan fingerprint density at radius 3 is 2.67 bits per heavy atom. The molecule has 0 bridgehead atoms. The third-order valence-electron chi connectivity index (χ3n) is 3.11. The van der Waals surface area contributed by atoms with Crippen LogP contribution in [-0.2, 0) is 24.3 Å². The quantitative estimate of drug-likeness (QED) is 0.683. The van der Waals surface area contributed by atoms with Crippen molar-refractivity contribution < 1.29 is 22.7 Å². The number of carbonyl (C=O) groups excluding carboxylic acids is 1. The van der Waals surface area contributed by atoms with Gasteiger partial charge in [-0.3, -0.25) is 4.79 Å². The average molecular weight is 279 g/mol. The molecule has 2 atom stereocenters. The maximum atomic E-state index is 11.8. The predicted octanol–water partition coefficient (Wildman–Crippen LogP) is 0.427. The van der Waals surface area contributed by atoms with Crippen LogP contribution in [-0.4, -0.2) is 46.5 Å². The van der Waals surface area contributed by atoms with E-state index in [1.807, 2.05) is 0 Å². The molecule has 0 aromatic carbocycles. The zero-order valence-corrected chi connectivity index (χ0v) is 11.7. The molecule has 1 rings (SSSR count). The highest BCUT2D eigenvalue weighted by molar-refractivity contribution is 7.89. The second kappa shape index (κ2) is 7.06. The zero-order chi connectivity index (χ0) is 13.6. The van der Waals surface area contributed by atoms with Crippen LogP contribution in [0.4, 0.5) is 0 Å². The lowest BCUT2D eigenvalue weighted by atomic mass is 10.2. The first-order chi connectivity index (χ1) is 8.48. The first kappa shape index (κ1) is 15.4. The summed E-state index contributed by atoms with van der Waals surface area (Å²) in [6.07, 6.45) is 3.00. The van der Waals surface area contributed by atoms with Gasteiger partial charge in [-0.05, 0) is 25.7 Å². The third-order valence-corrected chi connectivity index (χ3v) is 4.60. The van der Waals surface area contributed by atoms with Gasteiger partial charge in [-0.1, -0.05) is 0 Å². The van der Waals surface area contributed by atoms with E-state index >= 15 is 0 Å². The van der Waals surface area contributed by atoms with Crippen molar-refractivity contribution in [2.45, 2.75) is 44.2 Å². The van der Waals surface area contributed by atoms with Crippen molar-refractivity contribution >= 4 is 16.0 Å². The maximum absolute atomic E-state index is 11.8. The highest BCUT2D eigenvalue weighted by Crippen LogP contribution is 2.22.